The molecule has 1 aromatic carbocycles. The summed E-state index contributed by atoms with van der Waals surface area (Å²) < 4.78 is 20.5. The Morgan fingerprint density at radius 3 is 2.65 bits per heavy atom. The standard InChI is InChI=1S/C22H29FN6O.HI/c1-15(2)20-17(13-29(5)27-20)12-28(4)22(24-3)25-11-10-19-14-30-21(26-19)16-6-8-18(23)9-7-16;/h6-9,13-15H,10-12H2,1-5H3,(H,24,25);1H. The van der Waals surface area contributed by atoms with Crippen molar-refractivity contribution in [3.63, 3.8) is 0 Å². The maximum absolute atomic E-state index is 13.1. The van der Waals surface area contributed by atoms with Crippen LogP contribution in [0.4, 0.5) is 4.39 Å². The highest BCUT2D eigenvalue weighted by molar-refractivity contribution is 14.0. The van der Waals surface area contributed by atoms with Crippen molar-refractivity contribution in [1.29, 1.82) is 0 Å². The quantitative estimate of drug-likeness (QED) is 0.276. The van der Waals surface area contributed by atoms with Crippen LogP contribution in [0.1, 0.15) is 36.7 Å². The van der Waals surface area contributed by atoms with Gasteiger partial charge in [0.2, 0.25) is 5.89 Å². The first-order valence-corrected chi connectivity index (χ1v) is 10.0. The average Bonchev–Trinajstić information content (AvgIpc) is 3.32. The molecular weight excluding hydrogens is 510 g/mol. The van der Waals surface area contributed by atoms with E-state index >= 15 is 0 Å². The molecule has 168 valence electrons. The number of guanidine groups is 1. The largest absolute Gasteiger partial charge is 0.444 e. The number of aromatic nitrogens is 3. The van der Waals surface area contributed by atoms with E-state index in [-0.39, 0.29) is 29.8 Å². The van der Waals surface area contributed by atoms with Gasteiger partial charge in [0.15, 0.2) is 5.96 Å². The fourth-order valence-corrected chi connectivity index (χ4v) is 3.33. The molecule has 0 atom stereocenters. The van der Waals surface area contributed by atoms with E-state index in [0.29, 0.717) is 24.8 Å². The molecule has 1 N–H and O–H groups in total. The molecule has 0 aliphatic heterocycles. The zero-order valence-corrected chi connectivity index (χ0v) is 20.9. The number of halogens is 2. The van der Waals surface area contributed by atoms with Gasteiger partial charge >= 0.3 is 0 Å². The van der Waals surface area contributed by atoms with E-state index in [4.69, 9.17) is 4.42 Å². The van der Waals surface area contributed by atoms with Gasteiger partial charge in [-0.15, -0.1) is 24.0 Å². The lowest BCUT2D eigenvalue weighted by Crippen LogP contribution is -2.39. The molecule has 0 unspecified atom stereocenters. The topological polar surface area (TPSA) is 71.5 Å². The molecule has 0 bridgehead atoms. The Labute approximate surface area is 199 Å². The molecule has 0 fully saturated rings. The number of benzene rings is 1. The molecule has 3 aromatic rings. The molecule has 7 nitrogen and oxygen atoms in total. The molecule has 9 heteroatoms. The number of nitrogens with zero attached hydrogens (tertiary/aromatic N) is 5. The highest BCUT2D eigenvalue weighted by Gasteiger charge is 2.15. The van der Waals surface area contributed by atoms with Crippen molar-refractivity contribution >= 4 is 29.9 Å². The van der Waals surface area contributed by atoms with E-state index in [1.807, 2.05) is 18.8 Å². The summed E-state index contributed by atoms with van der Waals surface area (Å²) in [6, 6.07) is 6.11. The third-order valence-electron chi connectivity index (χ3n) is 4.77. The SMILES string of the molecule is CN=C(NCCc1coc(-c2ccc(F)cc2)n1)N(C)Cc1cn(C)nc1C(C)C.I. The summed E-state index contributed by atoms with van der Waals surface area (Å²) in [5.41, 5.74) is 3.88. The number of aryl methyl sites for hydroxylation is 1. The van der Waals surface area contributed by atoms with E-state index in [2.05, 4.69) is 45.3 Å². The van der Waals surface area contributed by atoms with E-state index in [1.165, 1.54) is 17.7 Å². The third-order valence-corrected chi connectivity index (χ3v) is 4.77. The Kier molecular flexibility index (Phi) is 9.02. The molecule has 0 aliphatic rings. The van der Waals surface area contributed by atoms with Crippen molar-refractivity contribution in [2.75, 3.05) is 20.6 Å². The Bertz CT molecular complexity index is 996. The second kappa shape index (κ2) is 11.3. The van der Waals surface area contributed by atoms with E-state index in [1.54, 1.807) is 25.4 Å². The van der Waals surface area contributed by atoms with Crippen molar-refractivity contribution < 1.29 is 8.81 Å². The minimum absolute atomic E-state index is 0. The molecule has 0 saturated heterocycles. The molecular formula is C22H30FIN6O. The van der Waals surface area contributed by atoms with Crippen LogP contribution in [0, 0.1) is 5.82 Å². The molecule has 3 rings (SSSR count). The second-order valence-electron chi connectivity index (χ2n) is 7.60. The van der Waals surface area contributed by atoms with Gasteiger partial charge in [0, 0.05) is 58.0 Å². The van der Waals surface area contributed by atoms with Crippen LogP contribution in [0.25, 0.3) is 11.5 Å². The number of aliphatic imine (C=N–C) groups is 1. The molecule has 2 aromatic heterocycles. The lowest BCUT2D eigenvalue weighted by molar-refractivity contribution is 0.473. The number of oxazole rings is 1. The number of hydrogen-bond donors (Lipinski definition) is 1. The summed E-state index contributed by atoms with van der Waals surface area (Å²) in [4.78, 5) is 10.9. The Balaban J connectivity index is 0.00000341. The summed E-state index contributed by atoms with van der Waals surface area (Å²) in [5.74, 6) is 1.38. The van der Waals surface area contributed by atoms with E-state index in [9.17, 15) is 4.39 Å². The Morgan fingerprint density at radius 2 is 2.00 bits per heavy atom. The zero-order valence-electron chi connectivity index (χ0n) is 18.6. The highest BCUT2D eigenvalue weighted by Crippen LogP contribution is 2.20. The van der Waals surface area contributed by atoms with Crippen molar-refractivity contribution in [2.45, 2.75) is 32.7 Å². The maximum Gasteiger partial charge on any atom is 0.226 e. The fourth-order valence-electron chi connectivity index (χ4n) is 3.33. The molecule has 0 radical (unpaired) electrons. The van der Waals surface area contributed by atoms with Gasteiger partial charge in [-0.05, 0) is 30.2 Å². The predicted molar refractivity (Wildman–Crippen MR) is 131 cm³/mol. The van der Waals surface area contributed by atoms with Gasteiger partial charge in [0.05, 0.1) is 11.4 Å². The van der Waals surface area contributed by atoms with Crippen molar-refractivity contribution in [2.24, 2.45) is 12.0 Å². The van der Waals surface area contributed by atoms with Gasteiger partial charge in [-0.3, -0.25) is 9.67 Å². The van der Waals surface area contributed by atoms with Crippen LogP contribution in [-0.2, 0) is 20.0 Å². The van der Waals surface area contributed by atoms with Crippen LogP contribution in [0.2, 0.25) is 0 Å². The lowest BCUT2D eigenvalue weighted by atomic mass is 10.1. The average molecular weight is 540 g/mol. The van der Waals surface area contributed by atoms with Crippen LogP contribution in [0.3, 0.4) is 0 Å². The number of hydrogen-bond acceptors (Lipinski definition) is 4. The molecule has 2 heterocycles. The summed E-state index contributed by atoms with van der Waals surface area (Å²) in [6.45, 7) is 5.68. The van der Waals surface area contributed by atoms with Crippen LogP contribution in [0.5, 0.6) is 0 Å². The van der Waals surface area contributed by atoms with Gasteiger partial charge in [-0.25, -0.2) is 9.37 Å². The predicted octanol–water partition coefficient (Wildman–Crippen LogP) is 4.21. The van der Waals surface area contributed by atoms with Crippen molar-refractivity contribution in [3.8, 4) is 11.5 Å². The van der Waals surface area contributed by atoms with Crippen molar-refractivity contribution in [1.82, 2.24) is 25.0 Å². The first-order chi connectivity index (χ1) is 14.4. The third kappa shape index (κ3) is 6.52. The van der Waals surface area contributed by atoms with Crippen LogP contribution in [0.15, 0.2) is 46.1 Å². The summed E-state index contributed by atoms with van der Waals surface area (Å²) in [6.07, 6.45) is 4.38. The number of rotatable bonds is 7. The number of nitrogens with one attached hydrogen (secondary N) is 1. The van der Waals surface area contributed by atoms with Crippen LogP contribution >= 0.6 is 24.0 Å². The van der Waals surface area contributed by atoms with Gasteiger partial charge in [0.1, 0.15) is 12.1 Å². The maximum atomic E-state index is 13.1. The zero-order chi connectivity index (χ0) is 21.7. The minimum Gasteiger partial charge on any atom is -0.444 e. The fraction of sp³-hybridized carbons (Fsp3) is 0.409. The molecule has 0 aliphatic carbocycles. The highest BCUT2D eigenvalue weighted by atomic mass is 127. The molecule has 0 amide bonds. The van der Waals surface area contributed by atoms with E-state index in [0.717, 1.165) is 29.5 Å². The van der Waals surface area contributed by atoms with Gasteiger partial charge in [-0.2, -0.15) is 5.10 Å². The second-order valence-corrected chi connectivity index (χ2v) is 7.60. The normalized spacial score (nSPS) is 11.5. The van der Waals surface area contributed by atoms with Crippen LogP contribution in [-0.4, -0.2) is 46.3 Å². The Hall–Kier alpha value is -2.43. The van der Waals surface area contributed by atoms with Gasteiger partial charge in [-0.1, -0.05) is 13.8 Å². The van der Waals surface area contributed by atoms with Gasteiger partial charge in [0.25, 0.3) is 0 Å². The minimum atomic E-state index is -0.281. The van der Waals surface area contributed by atoms with Crippen molar-refractivity contribution in [3.05, 3.63) is 59.5 Å². The first kappa shape index (κ1) is 24.8. The first-order valence-electron chi connectivity index (χ1n) is 10.0. The Morgan fingerprint density at radius 1 is 1.29 bits per heavy atom. The lowest BCUT2D eigenvalue weighted by Gasteiger charge is -2.22. The van der Waals surface area contributed by atoms with Gasteiger partial charge < -0.3 is 14.6 Å². The summed E-state index contributed by atoms with van der Waals surface area (Å²) in [5, 5.41) is 7.94. The van der Waals surface area contributed by atoms with E-state index < -0.39 is 0 Å². The smallest absolute Gasteiger partial charge is 0.226 e. The molecule has 0 saturated carbocycles. The monoisotopic (exact) mass is 540 g/mol. The van der Waals surface area contributed by atoms with Crippen LogP contribution < -0.4 is 5.32 Å². The molecule has 0 spiro atoms. The molecule has 31 heavy (non-hydrogen) atoms. The summed E-state index contributed by atoms with van der Waals surface area (Å²) >= 11 is 0. The summed E-state index contributed by atoms with van der Waals surface area (Å²) in [7, 11) is 5.73.